The lowest BCUT2D eigenvalue weighted by Gasteiger charge is -2.14. The zero-order valence-corrected chi connectivity index (χ0v) is 15.7. The van der Waals surface area contributed by atoms with Crippen LogP contribution in [-0.4, -0.2) is 23.6 Å². The van der Waals surface area contributed by atoms with E-state index >= 15 is 0 Å². The van der Waals surface area contributed by atoms with Crippen LogP contribution in [0.5, 0.6) is 0 Å². The van der Waals surface area contributed by atoms with E-state index in [1.165, 1.54) is 12.1 Å². The second-order valence-electron chi connectivity index (χ2n) is 6.44. The molecule has 0 saturated carbocycles. The first-order chi connectivity index (χ1) is 13.8. The molecule has 1 aliphatic heterocycles. The molecule has 3 aromatic rings. The highest BCUT2D eigenvalue weighted by Crippen LogP contribution is 2.33. The molecule has 0 atom stereocenters. The van der Waals surface area contributed by atoms with Crippen LogP contribution in [0.25, 0.3) is 11.0 Å². The average molecular weight is 412 g/mol. The van der Waals surface area contributed by atoms with E-state index in [2.05, 4.69) is 5.32 Å². The fraction of sp³-hybridized carbons (Fsp3) is 0.100. The third kappa shape index (κ3) is 3.34. The molecule has 1 aromatic heterocycles. The number of halogens is 1. The molecular formula is C20H14ClN3O5. The van der Waals surface area contributed by atoms with Gasteiger partial charge in [-0.1, -0.05) is 17.7 Å². The normalized spacial score (nSPS) is 13.9. The van der Waals surface area contributed by atoms with Gasteiger partial charge in [-0.05, 0) is 36.4 Å². The predicted molar refractivity (Wildman–Crippen MR) is 106 cm³/mol. The van der Waals surface area contributed by atoms with Crippen molar-refractivity contribution in [2.24, 2.45) is 5.73 Å². The summed E-state index contributed by atoms with van der Waals surface area (Å²) in [6, 6.07) is 10.8. The summed E-state index contributed by atoms with van der Waals surface area (Å²) < 4.78 is 5.44. The van der Waals surface area contributed by atoms with E-state index < -0.39 is 11.8 Å². The number of hydrogen-bond donors (Lipinski definition) is 2. The van der Waals surface area contributed by atoms with E-state index in [1.54, 1.807) is 30.3 Å². The Hall–Kier alpha value is -3.65. The highest BCUT2D eigenvalue weighted by molar-refractivity contribution is 6.31. The van der Waals surface area contributed by atoms with Crippen LogP contribution >= 0.6 is 11.6 Å². The summed E-state index contributed by atoms with van der Waals surface area (Å²) in [5, 5.41) is 3.42. The van der Waals surface area contributed by atoms with Gasteiger partial charge in [0.1, 0.15) is 11.3 Å². The van der Waals surface area contributed by atoms with Crippen molar-refractivity contribution in [3.63, 3.8) is 0 Å². The number of carbonyl (C=O) groups excluding carboxylic acids is 4. The molecule has 0 spiro atoms. The summed E-state index contributed by atoms with van der Waals surface area (Å²) >= 11 is 6.01. The Morgan fingerprint density at radius 2 is 1.79 bits per heavy atom. The molecule has 29 heavy (non-hydrogen) atoms. The third-order valence-electron chi connectivity index (χ3n) is 4.53. The van der Waals surface area contributed by atoms with Gasteiger partial charge in [0, 0.05) is 28.8 Å². The lowest BCUT2D eigenvalue weighted by Crippen LogP contribution is -2.28. The highest BCUT2D eigenvalue weighted by atomic mass is 35.5. The summed E-state index contributed by atoms with van der Waals surface area (Å²) in [5.74, 6) is -2.28. The van der Waals surface area contributed by atoms with Gasteiger partial charge < -0.3 is 15.5 Å². The van der Waals surface area contributed by atoms with Crippen LogP contribution in [0.1, 0.15) is 33.8 Å². The summed E-state index contributed by atoms with van der Waals surface area (Å²) in [6.45, 7) is 0. The van der Waals surface area contributed by atoms with E-state index in [9.17, 15) is 19.2 Å². The average Bonchev–Trinajstić information content (AvgIpc) is 3.21. The molecule has 0 radical (unpaired) electrons. The molecule has 4 rings (SSSR count). The van der Waals surface area contributed by atoms with Crippen molar-refractivity contribution in [2.45, 2.75) is 12.8 Å². The van der Waals surface area contributed by atoms with Crippen molar-refractivity contribution in [1.29, 1.82) is 0 Å². The molecule has 146 valence electrons. The van der Waals surface area contributed by atoms with Crippen LogP contribution in [0.3, 0.4) is 0 Å². The Balaban J connectivity index is 1.70. The minimum absolute atomic E-state index is 0.0960. The van der Waals surface area contributed by atoms with E-state index in [0.717, 1.165) is 4.90 Å². The summed E-state index contributed by atoms with van der Waals surface area (Å²) in [5.41, 5.74) is 6.29. The second kappa shape index (κ2) is 7.06. The van der Waals surface area contributed by atoms with Crippen LogP contribution in [0, 0.1) is 0 Å². The topological polar surface area (TPSA) is 123 Å². The number of primary amides is 1. The van der Waals surface area contributed by atoms with E-state index in [1.807, 2.05) is 0 Å². The van der Waals surface area contributed by atoms with Crippen molar-refractivity contribution in [3.8, 4) is 0 Å². The Morgan fingerprint density at radius 3 is 2.48 bits per heavy atom. The molecule has 9 heteroatoms. The Labute approximate surface area is 169 Å². The number of nitrogens with zero attached hydrogens (tertiary/aromatic N) is 1. The first-order valence-corrected chi connectivity index (χ1v) is 9.02. The molecule has 0 bridgehead atoms. The quantitative estimate of drug-likeness (QED) is 0.638. The Morgan fingerprint density at radius 1 is 1.07 bits per heavy atom. The van der Waals surface area contributed by atoms with Crippen LogP contribution in [0.2, 0.25) is 5.02 Å². The van der Waals surface area contributed by atoms with Crippen LogP contribution < -0.4 is 16.0 Å². The second-order valence-corrected chi connectivity index (χ2v) is 6.87. The zero-order valence-electron chi connectivity index (χ0n) is 14.9. The summed E-state index contributed by atoms with van der Waals surface area (Å²) in [6.07, 6.45) is 0.276. The Bertz CT molecular complexity index is 1180. The molecule has 1 aliphatic rings. The van der Waals surface area contributed by atoms with Crippen molar-refractivity contribution in [1.82, 2.24) is 0 Å². The molecule has 0 unspecified atom stereocenters. The largest absolute Gasteiger partial charge is 0.449 e. The van der Waals surface area contributed by atoms with Crippen molar-refractivity contribution >= 4 is 57.6 Å². The summed E-state index contributed by atoms with van der Waals surface area (Å²) in [4.78, 5) is 49.5. The number of nitrogens with one attached hydrogen (secondary N) is 1. The van der Waals surface area contributed by atoms with Crippen LogP contribution in [0.4, 0.5) is 11.4 Å². The van der Waals surface area contributed by atoms with Crippen LogP contribution in [0.15, 0.2) is 46.9 Å². The van der Waals surface area contributed by atoms with Gasteiger partial charge in [-0.15, -0.1) is 0 Å². The maximum absolute atomic E-state index is 12.8. The zero-order chi connectivity index (χ0) is 20.7. The van der Waals surface area contributed by atoms with Crippen LogP contribution in [-0.2, 0) is 9.59 Å². The SMILES string of the molecule is NC(=O)c1oc2ccc(Cl)cc2c1NC(=O)c1cccc(N2C(=O)CCC2=O)c1. The van der Waals surface area contributed by atoms with E-state index in [4.69, 9.17) is 21.8 Å². The lowest BCUT2D eigenvalue weighted by molar-refractivity contribution is -0.121. The van der Waals surface area contributed by atoms with Gasteiger partial charge in [-0.3, -0.25) is 24.1 Å². The van der Waals surface area contributed by atoms with Gasteiger partial charge in [0.15, 0.2) is 0 Å². The van der Waals surface area contributed by atoms with Crippen molar-refractivity contribution in [2.75, 3.05) is 10.2 Å². The van der Waals surface area contributed by atoms with E-state index in [-0.39, 0.29) is 41.7 Å². The molecule has 2 aromatic carbocycles. The molecule has 8 nitrogen and oxygen atoms in total. The van der Waals surface area contributed by atoms with Gasteiger partial charge >= 0.3 is 0 Å². The number of carbonyl (C=O) groups is 4. The lowest BCUT2D eigenvalue weighted by atomic mass is 10.1. The Kier molecular flexibility index (Phi) is 4.56. The van der Waals surface area contributed by atoms with Crippen molar-refractivity contribution < 1.29 is 23.6 Å². The minimum atomic E-state index is -0.852. The first-order valence-electron chi connectivity index (χ1n) is 8.64. The van der Waals surface area contributed by atoms with Gasteiger partial charge in [0.2, 0.25) is 17.6 Å². The number of furan rings is 1. The van der Waals surface area contributed by atoms with Gasteiger partial charge in [0.25, 0.3) is 11.8 Å². The van der Waals surface area contributed by atoms with Gasteiger partial charge in [0.05, 0.1) is 5.69 Å². The minimum Gasteiger partial charge on any atom is -0.449 e. The number of benzene rings is 2. The maximum atomic E-state index is 12.8. The number of hydrogen-bond acceptors (Lipinski definition) is 5. The van der Waals surface area contributed by atoms with Crippen molar-refractivity contribution in [3.05, 3.63) is 58.8 Å². The number of anilines is 2. The van der Waals surface area contributed by atoms with Gasteiger partial charge in [-0.2, -0.15) is 0 Å². The van der Waals surface area contributed by atoms with E-state index in [0.29, 0.717) is 21.7 Å². The number of amides is 4. The number of rotatable bonds is 4. The molecule has 4 amide bonds. The molecular weight excluding hydrogens is 398 g/mol. The standard InChI is InChI=1S/C20H14ClN3O5/c21-11-4-5-14-13(9-11)17(18(29-14)19(22)27)23-20(28)10-2-1-3-12(8-10)24-15(25)6-7-16(24)26/h1-5,8-9H,6-7H2,(H2,22,27)(H,23,28). The number of fused-ring (bicyclic) bond motifs is 1. The number of imide groups is 1. The molecule has 3 N–H and O–H groups in total. The smallest absolute Gasteiger partial charge is 0.286 e. The first kappa shape index (κ1) is 18.7. The summed E-state index contributed by atoms with van der Waals surface area (Å²) in [7, 11) is 0. The maximum Gasteiger partial charge on any atom is 0.286 e. The molecule has 0 aliphatic carbocycles. The fourth-order valence-corrected chi connectivity index (χ4v) is 3.38. The monoisotopic (exact) mass is 411 g/mol. The van der Waals surface area contributed by atoms with Gasteiger partial charge in [-0.25, -0.2) is 0 Å². The highest BCUT2D eigenvalue weighted by Gasteiger charge is 2.30. The molecule has 1 saturated heterocycles. The predicted octanol–water partition coefficient (Wildman–Crippen LogP) is 3.09. The fourth-order valence-electron chi connectivity index (χ4n) is 3.20. The third-order valence-corrected chi connectivity index (χ3v) is 4.77. The molecule has 2 heterocycles. The number of nitrogens with two attached hydrogens (primary N) is 1. The molecule has 1 fully saturated rings.